The zero-order valence-corrected chi connectivity index (χ0v) is 16.0. The van der Waals surface area contributed by atoms with Gasteiger partial charge in [-0.1, -0.05) is 60.7 Å². The van der Waals surface area contributed by atoms with Gasteiger partial charge in [-0.25, -0.2) is 0 Å². The van der Waals surface area contributed by atoms with Gasteiger partial charge in [-0.3, -0.25) is 24.5 Å². The van der Waals surface area contributed by atoms with Crippen molar-refractivity contribution in [1.29, 1.82) is 0 Å². The van der Waals surface area contributed by atoms with Crippen LogP contribution >= 0.6 is 0 Å². The number of aliphatic carboxylic acids is 4. The SMILES string of the molecule is O=C(O)[C@@H]1[C@H](C(=O)O)C2(c3ccccc3)NC1(c1ccccc1)[C@@H](C(=O)O)[C@@H]2C(=O)O. The third-order valence-corrected chi connectivity index (χ3v) is 6.61. The summed E-state index contributed by atoms with van der Waals surface area (Å²) in [5, 5.41) is 43.5. The summed E-state index contributed by atoms with van der Waals surface area (Å²) in [5.74, 6) is -13.0. The quantitative estimate of drug-likeness (QED) is 0.458. The molecule has 2 fully saturated rings. The van der Waals surface area contributed by atoms with E-state index in [2.05, 4.69) is 5.32 Å². The van der Waals surface area contributed by atoms with Crippen LogP contribution in [0.4, 0.5) is 0 Å². The van der Waals surface area contributed by atoms with Crippen molar-refractivity contribution < 1.29 is 39.6 Å². The van der Waals surface area contributed by atoms with E-state index in [9.17, 15) is 39.6 Å². The van der Waals surface area contributed by atoms with Crippen LogP contribution in [0.25, 0.3) is 0 Å². The Morgan fingerprint density at radius 3 is 1.03 bits per heavy atom. The van der Waals surface area contributed by atoms with Crippen LogP contribution in [0.2, 0.25) is 0 Å². The van der Waals surface area contributed by atoms with Gasteiger partial charge in [0.15, 0.2) is 0 Å². The molecule has 2 bridgehead atoms. The Morgan fingerprint density at radius 1 is 0.548 bits per heavy atom. The minimum atomic E-state index is -1.96. The molecule has 0 aliphatic carbocycles. The molecule has 2 heterocycles. The Morgan fingerprint density at radius 2 is 0.806 bits per heavy atom. The monoisotopic (exact) mass is 425 g/mol. The van der Waals surface area contributed by atoms with Crippen LogP contribution in [0.1, 0.15) is 11.1 Å². The molecule has 2 aromatic carbocycles. The molecule has 0 spiro atoms. The van der Waals surface area contributed by atoms with E-state index < -0.39 is 58.6 Å². The predicted octanol–water partition coefficient (Wildman–Crippen LogP) is 1.20. The first-order chi connectivity index (χ1) is 14.7. The van der Waals surface area contributed by atoms with E-state index in [4.69, 9.17) is 0 Å². The fraction of sp³-hybridized carbons (Fsp3) is 0.273. The second-order valence-corrected chi connectivity index (χ2v) is 7.86. The minimum absolute atomic E-state index is 0.211. The van der Waals surface area contributed by atoms with E-state index >= 15 is 0 Å². The number of carboxylic acids is 4. The number of hydrogen-bond acceptors (Lipinski definition) is 5. The zero-order chi connectivity index (χ0) is 22.6. The summed E-state index contributed by atoms with van der Waals surface area (Å²) in [6.45, 7) is 0. The highest BCUT2D eigenvalue weighted by Gasteiger charge is 2.81. The molecule has 2 unspecified atom stereocenters. The maximum Gasteiger partial charge on any atom is 0.309 e. The summed E-state index contributed by atoms with van der Waals surface area (Å²) in [6.07, 6.45) is 0. The number of carbonyl (C=O) groups is 4. The van der Waals surface area contributed by atoms with E-state index in [1.807, 2.05) is 0 Å². The molecule has 0 radical (unpaired) electrons. The van der Waals surface area contributed by atoms with Crippen LogP contribution in [0.15, 0.2) is 60.7 Å². The van der Waals surface area contributed by atoms with Gasteiger partial charge in [-0.2, -0.15) is 0 Å². The highest BCUT2D eigenvalue weighted by atomic mass is 16.4. The molecule has 2 aromatic rings. The number of benzene rings is 2. The van der Waals surface area contributed by atoms with Crippen molar-refractivity contribution in [2.45, 2.75) is 11.1 Å². The van der Waals surface area contributed by atoms with Gasteiger partial charge in [-0.15, -0.1) is 0 Å². The van der Waals surface area contributed by atoms with E-state index in [1.165, 1.54) is 24.3 Å². The van der Waals surface area contributed by atoms with E-state index in [1.54, 1.807) is 36.4 Å². The number of rotatable bonds is 6. The minimum Gasteiger partial charge on any atom is -0.481 e. The number of fused-ring (bicyclic) bond motifs is 2. The maximum atomic E-state index is 12.5. The summed E-state index contributed by atoms with van der Waals surface area (Å²) >= 11 is 0. The molecule has 0 amide bonds. The molecule has 31 heavy (non-hydrogen) atoms. The van der Waals surface area contributed by atoms with Crippen molar-refractivity contribution in [3.63, 3.8) is 0 Å². The third-order valence-electron chi connectivity index (χ3n) is 6.61. The average molecular weight is 425 g/mol. The van der Waals surface area contributed by atoms with Crippen molar-refractivity contribution in [2.24, 2.45) is 23.7 Å². The highest BCUT2D eigenvalue weighted by molar-refractivity contribution is 5.93. The second kappa shape index (κ2) is 6.92. The summed E-state index contributed by atoms with van der Waals surface area (Å²) in [4.78, 5) is 49.8. The molecule has 9 heteroatoms. The van der Waals surface area contributed by atoms with Gasteiger partial charge < -0.3 is 20.4 Å². The number of hydrogen-bond donors (Lipinski definition) is 5. The van der Waals surface area contributed by atoms with Crippen LogP contribution < -0.4 is 5.32 Å². The van der Waals surface area contributed by atoms with Gasteiger partial charge >= 0.3 is 23.9 Å². The Kier molecular flexibility index (Phi) is 4.58. The first-order valence-electron chi connectivity index (χ1n) is 9.51. The molecule has 0 saturated carbocycles. The van der Waals surface area contributed by atoms with E-state index in [-0.39, 0.29) is 11.1 Å². The summed E-state index contributed by atoms with van der Waals surface area (Å²) in [5.41, 5.74) is -3.49. The normalized spacial score (nSPS) is 33.7. The summed E-state index contributed by atoms with van der Waals surface area (Å²) in [7, 11) is 0. The molecular formula is C22H19NO8. The Labute approximate surface area is 175 Å². The van der Waals surface area contributed by atoms with Crippen molar-refractivity contribution in [2.75, 3.05) is 0 Å². The molecule has 6 atom stereocenters. The number of carboxylic acid groups (broad SMARTS) is 4. The van der Waals surface area contributed by atoms with E-state index in [0.29, 0.717) is 0 Å². The van der Waals surface area contributed by atoms with Gasteiger partial charge in [0.1, 0.15) is 0 Å². The van der Waals surface area contributed by atoms with Crippen LogP contribution in [0, 0.1) is 23.7 Å². The molecule has 2 saturated heterocycles. The first kappa shape index (κ1) is 20.5. The fourth-order valence-corrected chi connectivity index (χ4v) is 5.73. The van der Waals surface area contributed by atoms with Crippen LogP contribution in [0.3, 0.4) is 0 Å². The van der Waals surface area contributed by atoms with Gasteiger partial charge in [0, 0.05) is 0 Å². The van der Waals surface area contributed by atoms with E-state index in [0.717, 1.165) is 0 Å². The second-order valence-electron chi connectivity index (χ2n) is 7.86. The lowest BCUT2D eigenvalue weighted by molar-refractivity contribution is -0.172. The Balaban J connectivity index is 2.16. The standard InChI is InChI=1S/C22H19NO8/c24-17(25)13-15(19(28)29)22(12-9-5-2-6-10-12)16(20(30)31)14(18(26)27)21(13,23-22)11-7-3-1-4-8-11/h1-10,13-16,23H,(H,24,25)(H,26,27)(H,28,29)(H,30,31)/t13-,14-,15-,16+,21?,22?/m1/s1. The van der Waals surface area contributed by atoms with Crippen LogP contribution in [-0.4, -0.2) is 44.3 Å². The average Bonchev–Trinajstić information content (AvgIpc) is 3.24. The van der Waals surface area contributed by atoms with Gasteiger partial charge in [0.2, 0.25) is 0 Å². The van der Waals surface area contributed by atoms with Crippen molar-refractivity contribution in [3.8, 4) is 0 Å². The Hall–Kier alpha value is -3.72. The van der Waals surface area contributed by atoms with Crippen molar-refractivity contribution in [3.05, 3.63) is 71.8 Å². The van der Waals surface area contributed by atoms with Crippen molar-refractivity contribution in [1.82, 2.24) is 5.32 Å². The number of nitrogens with one attached hydrogen (secondary N) is 1. The lowest BCUT2D eigenvalue weighted by Crippen LogP contribution is -2.58. The summed E-state index contributed by atoms with van der Waals surface area (Å²) < 4.78 is 0. The van der Waals surface area contributed by atoms with Gasteiger partial charge in [-0.05, 0) is 11.1 Å². The van der Waals surface area contributed by atoms with Crippen LogP contribution in [0.5, 0.6) is 0 Å². The molecule has 4 rings (SSSR count). The maximum absolute atomic E-state index is 12.5. The molecule has 0 aromatic heterocycles. The highest BCUT2D eigenvalue weighted by Crippen LogP contribution is 2.66. The van der Waals surface area contributed by atoms with Gasteiger partial charge in [0.05, 0.1) is 34.7 Å². The fourth-order valence-electron chi connectivity index (χ4n) is 5.73. The first-order valence-corrected chi connectivity index (χ1v) is 9.51. The molecule has 2 aliphatic rings. The molecule has 5 N–H and O–H groups in total. The molecular weight excluding hydrogens is 406 g/mol. The molecule has 160 valence electrons. The zero-order valence-electron chi connectivity index (χ0n) is 16.0. The third kappa shape index (κ3) is 2.53. The summed E-state index contributed by atoms with van der Waals surface area (Å²) in [6, 6.07) is 15.5. The molecule has 2 aliphatic heterocycles. The van der Waals surface area contributed by atoms with Crippen molar-refractivity contribution >= 4 is 23.9 Å². The lowest BCUT2D eigenvalue weighted by atomic mass is 9.54. The molecule has 9 nitrogen and oxygen atoms in total. The Bertz CT molecular complexity index is 942. The topological polar surface area (TPSA) is 161 Å². The smallest absolute Gasteiger partial charge is 0.309 e. The van der Waals surface area contributed by atoms with Crippen LogP contribution in [-0.2, 0) is 30.3 Å². The largest absolute Gasteiger partial charge is 0.481 e. The van der Waals surface area contributed by atoms with Gasteiger partial charge in [0.25, 0.3) is 0 Å². The lowest BCUT2D eigenvalue weighted by Gasteiger charge is -2.43. The predicted molar refractivity (Wildman–Crippen MR) is 104 cm³/mol.